The van der Waals surface area contributed by atoms with E-state index < -0.39 is 22.0 Å². The lowest BCUT2D eigenvalue weighted by atomic mass is 10.1. The van der Waals surface area contributed by atoms with Crippen LogP contribution in [-0.4, -0.2) is 32.5 Å². The van der Waals surface area contributed by atoms with E-state index in [9.17, 15) is 13.2 Å². The molecule has 2 aromatic carbocycles. The Kier molecular flexibility index (Phi) is 8.02. The number of carbonyl (C=O) groups is 1. The predicted octanol–water partition coefficient (Wildman–Crippen LogP) is 3.21. The van der Waals surface area contributed by atoms with E-state index in [4.69, 9.17) is 9.47 Å². The van der Waals surface area contributed by atoms with E-state index in [2.05, 4.69) is 15.0 Å². The molecule has 1 amide bonds. The molecule has 1 aromatic heterocycles. The zero-order valence-electron chi connectivity index (χ0n) is 18.7. The van der Waals surface area contributed by atoms with Crippen molar-refractivity contribution >= 4 is 15.9 Å². The summed E-state index contributed by atoms with van der Waals surface area (Å²) in [6.45, 7) is 3.73. The Labute approximate surface area is 194 Å². The lowest BCUT2D eigenvalue weighted by molar-refractivity contribution is -0.123. The summed E-state index contributed by atoms with van der Waals surface area (Å²) in [7, 11) is -2.35. The molecule has 0 saturated carbocycles. The predicted molar refractivity (Wildman–Crippen MR) is 124 cm³/mol. The fourth-order valence-corrected chi connectivity index (χ4v) is 4.24. The van der Waals surface area contributed by atoms with Crippen LogP contribution in [0.3, 0.4) is 0 Å². The van der Waals surface area contributed by atoms with Crippen molar-refractivity contribution < 1.29 is 22.7 Å². The maximum Gasteiger partial charge on any atom is 0.241 e. The molecule has 0 spiro atoms. The van der Waals surface area contributed by atoms with Gasteiger partial charge in [-0.25, -0.2) is 8.42 Å². The third kappa shape index (κ3) is 6.77. The van der Waals surface area contributed by atoms with Gasteiger partial charge in [0.2, 0.25) is 15.9 Å². The summed E-state index contributed by atoms with van der Waals surface area (Å²) in [5.41, 5.74) is 1.83. The average Bonchev–Trinajstić information content (AvgIpc) is 2.83. The second-order valence-electron chi connectivity index (χ2n) is 7.47. The smallest absolute Gasteiger partial charge is 0.241 e. The fraction of sp³-hybridized carbons (Fsp3) is 0.250. The number of ether oxygens (including phenoxy) is 2. The first-order chi connectivity index (χ1) is 15.8. The normalized spacial score (nSPS) is 13.1. The number of nitrogens with one attached hydrogen (secondary N) is 2. The summed E-state index contributed by atoms with van der Waals surface area (Å²) in [4.78, 5) is 16.7. The second kappa shape index (κ2) is 10.9. The summed E-state index contributed by atoms with van der Waals surface area (Å²) in [5.74, 6) is 0.806. The number of aromatic nitrogens is 1. The molecule has 1 heterocycles. The Morgan fingerprint density at radius 2 is 1.67 bits per heavy atom. The molecule has 1 unspecified atom stereocenters. The van der Waals surface area contributed by atoms with Crippen LogP contribution >= 0.6 is 0 Å². The van der Waals surface area contributed by atoms with Gasteiger partial charge in [-0.2, -0.15) is 4.72 Å². The minimum Gasteiger partial charge on any atom is -0.497 e. The molecule has 174 valence electrons. The van der Waals surface area contributed by atoms with E-state index in [-0.39, 0.29) is 10.9 Å². The number of benzene rings is 2. The lowest BCUT2D eigenvalue weighted by Gasteiger charge is -2.19. The van der Waals surface area contributed by atoms with Crippen molar-refractivity contribution in [2.45, 2.75) is 37.4 Å². The molecule has 0 saturated heterocycles. The molecule has 0 bridgehead atoms. The molecular formula is C24H27N3O5S. The van der Waals surface area contributed by atoms with E-state index in [1.165, 1.54) is 26.2 Å². The van der Waals surface area contributed by atoms with Crippen LogP contribution < -0.4 is 19.5 Å². The molecule has 3 aromatic rings. The standard InChI is InChI=1S/C24H27N3O5S/c1-17(20-6-8-22(9-7-20)32-16-19-5-4-14-25-15-19)26-24(28)18(2)27-33(29,30)23-12-10-21(31-3)11-13-23/h4-15,17-18,27H,16H2,1-3H3,(H,26,28)/t17?,18-/m0/s1. The molecule has 0 fully saturated rings. The van der Waals surface area contributed by atoms with E-state index in [1.807, 2.05) is 43.3 Å². The first-order valence-electron chi connectivity index (χ1n) is 10.4. The molecule has 33 heavy (non-hydrogen) atoms. The summed E-state index contributed by atoms with van der Waals surface area (Å²) < 4.78 is 38.3. The number of methoxy groups -OCH3 is 1. The van der Waals surface area contributed by atoms with Crippen LogP contribution in [0.5, 0.6) is 11.5 Å². The van der Waals surface area contributed by atoms with Crippen molar-refractivity contribution in [3.63, 3.8) is 0 Å². The minimum absolute atomic E-state index is 0.0536. The van der Waals surface area contributed by atoms with Crippen LogP contribution in [0.15, 0.2) is 78.0 Å². The number of sulfonamides is 1. The van der Waals surface area contributed by atoms with Crippen molar-refractivity contribution in [1.82, 2.24) is 15.0 Å². The van der Waals surface area contributed by atoms with Crippen LogP contribution in [0, 0.1) is 0 Å². The zero-order valence-corrected chi connectivity index (χ0v) is 19.5. The third-order valence-corrected chi connectivity index (χ3v) is 6.52. The van der Waals surface area contributed by atoms with Crippen molar-refractivity contribution in [2.24, 2.45) is 0 Å². The average molecular weight is 470 g/mol. The second-order valence-corrected chi connectivity index (χ2v) is 9.18. The van der Waals surface area contributed by atoms with E-state index >= 15 is 0 Å². The highest BCUT2D eigenvalue weighted by atomic mass is 32.2. The Bertz CT molecular complexity index is 1150. The van der Waals surface area contributed by atoms with Gasteiger partial charge in [0, 0.05) is 18.0 Å². The maximum atomic E-state index is 12.6. The summed E-state index contributed by atoms with van der Waals surface area (Å²) in [6, 6.07) is 15.8. The number of hydrogen-bond donors (Lipinski definition) is 2. The molecule has 0 aliphatic carbocycles. The Balaban J connectivity index is 1.54. The minimum atomic E-state index is -3.85. The highest BCUT2D eigenvalue weighted by molar-refractivity contribution is 7.89. The van der Waals surface area contributed by atoms with Crippen molar-refractivity contribution in [3.05, 3.63) is 84.2 Å². The van der Waals surface area contributed by atoms with Gasteiger partial charge in [0.25, 0.3) is 0 Å². The largest absolute Gasteiger partial charge is 0.497 e. The number of pyridine rings is 1. The van der Waals surface area contributed by atoms with Gasteiger partial charge in [0.1, 0.15) is 18.1 Å². The van der Waals surface area contributed by atoms with Crippen LogP contribution in [0.2, 0.25) is 0 Å². The van der Waals surface area contributed by atoms with Crippen LogP contribution in [0.1, 0.15) is 31.0 Å². The zero-order chi connectivity index (χ0) is 23.8. The van der Waals surface area contributed by atoms with Crippen molar-refractivity contribution in [1.29, 1.82) is 0 Å². The Morgan fingerprint density at radius 3 is 2.27 bits per heavy atom. The topological polar surface area (TPSA) is 107 Å². The SMILES string of the molecule is COc1ccc(S(=O)(=O)N[C@@H](C)C(=O)NC(C)c2ccc(OCc3cccnc3)cc2)cc1. The lowest BCUT2D eigenvalue weighted by Crippen LogP contribution is -2.45. The highest BCUT2D eigenvalue weighted by Gasteiger charge is 2.23. The molecule has 0 aliphatic rings. The van der Waals surface area contributed by atoms with E-state index in [0.29, 0.717) is 18.1 Å². The van der Waals surface area contributed by atoms with Gasteiger partial charge in [-0.05, 0) is 61.9 Å². The Hall–Kier alpha value is -3.43. The van der Waals surface area contributed by atoms with Gasteiger partial charge in [-0.15, -0.1) is 0 Å². The van der Waals surface area contributed by atoms with E-state index in [0.717, 1.165) is 11.1 Å². The number of carbonyl (C=O) groups excluding carboxylic acids is 1. The van der Waals surface area contributed by atoms with Crippen LogP contribution in [0.4, 0.5) is 0 Å². The molecular weight excluding hydrogens is 442 g/mol. The van der Waals surface area contributed by atoms with Gasteiger partial charge >= 0.3 is 0 Å². The van der Waals surface area contributed by atoms with Gasteiger partial charge in [0.15, 0.2) is 0 Å². The Morgan fingerprint density at radius 1 is 1.00 bits per heavy atom. The van der Waals surface area contributed by atoms with Crippen LogP contribution in [-0.2, 0) is 21.4 Å². The summed E-state index contributed by atoms with van der Waals surface area (Å²) >= 11 is 0. The van der Waals surface area contributed by atoms with Gasteiger partial charge < -0.3 is 14.8 Å². The number of rotatable bonds is 10. The number of amides is 1. The van der Waals surface area contributed by atoms with Crippen LogP contribution in [0.25, 0.3) is 0 Å². The molecule has 0 aliphatic heterocycles. The molecule has 0 radical (unpaired) electrons. The van der Waals surface area contributed by atoms with Crippen molar-refractivity contribution in [2.75, 3.05) is 7.11 Å². The summed E-state index contributed by atoms with van der Waals surface area (Å²) in [5, 5.41) is 2.83. The molecule has 3 rings (SSSR count). The van der Waals surface area contributed by atoms with E-state index in [1.54, 1.807) is 24.5 Å². The molecule has 9 heteroatoms. The molecule has 2 N–H and O–H groups in total. The first-order valence-corrected chi connectivity index (χ1v) is 11.9. The first kappa shape index (κ1) is 24.2. The quantitative estimate of drug-likeness (QED) is 0.472. The third-order valence-electron chi connectivity index (χ3n) is 4.96. The fourth-order valence-electron chi connectivity index (χ4n) is 3.03. The highest BCUT2D eigenvalue weighted by Crippen LogP contribution is 2.19. The van der Waals surface area contributed by atoms with Gasteiger partial charge in [-0.3, -0.25) is 9.78 Å². The van der Waals surface area contributed by atoms with Gasteiger partial charge in [-0.1, -0.05) is 18.2 Å². The van der Waals surface area contributed by atoms with Gasteiger partial charge in [0.05, 0.1) is 24.1 Å². The summed E-state index contributed by atoms with van der Waals surface area (Å²) in [6.07, 6.45) is 3.45. The maximum absolute atomic E-state index is 12.6. The molecule has 8 nitrogen and oxygen atoms in total. The monoisotopic (exact) mass is 469 g/mol. The van der Waals surface area contributed by atoms with Crippen molar-refractivity contribution in [3.8, 4) is 11.5 Å². The molecule has 2 atom stereocenters. The number of hydrogen-bond acceptors (Lipinski definition) is 6. The number of nitrogens with zero attached hydrogens (tertiary/aromatic N) is 1.